The Bertz CT molecular complexity index is 20.9. The van der Waals surface area contributed by atoms with Gasteiger partial charge >= 0.3 is 34.1 Å². The van der Waals surface area contributed by atoms with E-state index in [0.29, 0.717) is 0 Å². The van der Waals surface area contributed by atoms with Crippen LogP contribution in [0.4, 0.5) is 0 Å². The summed E-state index contributed by atoms with van der Waals surface area (Å²) in [7, 11) is 0. The molecule has 0 aromatic heterocycles. The van der Waals surface area contributed by atoms with E-state index >= 15 is 0 Å². The molecule has 0 rings (SSSR count). The van der Waals surface area contributed by atoms with Gasteiger partial charge in [0, 0.05) is 0 Å². The fraction of sp³-hybridized carbons (Fsp3) is 0.667. The average molecular weight is 88.1 g/mol. The molecule has 0 aromatic carbocycles. The van der Waals surface area contributed by atoms with Crippen LogP contribution in [-0.4, -0.2) is 26.2 Å². The largest absolute Gasteiger partial charge is 0.412 e. The number of rotatable bonds is 1. The first kappa shape index (κ1) is 9.03. The minimum absolute atomic E-state index is 0. The van der Waals surface area contributed by atoms with Gasteiger partial charge < -0.3 is 5.48 Å². The van der Waals surface area contributed by atoms with Crippen LogP contribution >= 0.6 is 0 Å². The fourth-order valence-electron chi connectivity index (χ4n) is 0. The van der Waals surface area contributed by atoms with Gasteiger partial charge in [0.05, 0.1) is 0 Å². The summed E-state index contributed by atoms with van der Waals surface area (Å²) in [5, 5.41) is 0. The molecule has 0 aromatic rings. The third kappa shape index (κ3) is 13.1. The SMILES string of the molecule is CC[CH]=[AlH].O. The van der Waals surface area contributed by atoms with Gasteiger partial charge in [-0.15, -0.1) is 0 Å². The first-order chi connectivity index (χ1) is 1.91. The van der Waals surface area contributed by atoms with Crippen LogP contribution in [0.15, 0.2) is 0 Å². The summed E-state index contributed by atoms with van der Waals surface area (Å²) in [5.74, 6) is 0. The second-order valence-corrected chi connectivity index (χ2v) is 1.27. The van der Waals surface area contributed by atoms with Gasteiger partial charge in [0.15, 0.2) is 0 Å². The molecule has 0 amide bonds. The zero-order valence-electron chi connectivity index (χ0n) is 3.49. The Morgan fingerprint density at radius 2 is 2.00 bits per heavy atom. The van der Waals surface area contributed by atoms with Crippen LogP contribution in [0.3, 0.4) is 0 Å². The van der Waals surface area contributed by atoms with Crippen LogP contribution in [-0.2, 0) is 0 Å². The maximum atomic E-state index is 2.15. The number of hydrogen-bond donors (Lipinski definition) is 0. The van der Waals surface area contributed by atoms with Gasteiger partial charge in [-0.05, 0) is 0 Å². The van der Waals surface area contributed by atoms with Crippen molar-refractivity contribution >= 4 is 20.7 Å². The molecule has 0 spiro atoms. The molecule has 0 fully saturated rings. The predicted molar refractivity (Wildman–Crippen MR) is 27.1 cm³/mol. The van der Waals surface area contributed by atoms with E-state index in [2.05, 4.69) is 11.8 Å². The quantitative estimate of drug-likeness (QED) is 0.379. The van der Waals surface area contributed by atoms with E-state index in [1.54, 1.807) is 0 Å². The summed E-state index contributed by atoms with van der Waals surface area (Å²) in [6.07, 6.45) is 1.21. The second kappa shape index (κ2) is 8.84. The summed E-state index contributed by atoms with van der Waals surface area (Å²) in [6.45, 7) is 2.13. The van der Waals surface area contributed by atoms with Crippen LogP contribution in [0.1, 0.15) is 13.3 Å². The van der Waals surface area contributed by atoms with Crippen molar-refractivity contribution in [3.05, 3.63) is 0 Å². The topological polar surface area (TPSA) is 31.5 Å². The molecule has 0 aliphatic carbocycles. The molecule has 0 atom stereocenters. The first-order valence-corrected chi connectivity index (χ1v) is 2.34. The van der Waals surface area contributed by atoms with Crippen LogP contribution in [0, 0.1) is 0 Å². The van der Waals surface area contributed by atoms with Crippen molar-refractivity contribution in [2.24, 2.45) is 0 Å². The van der Waals surface area contributed by atoms with E-state index in [1.807, 2.05) is 15.9 Å². The molecule has 2 N–H and O–H groups in total. The Kier molecular flexibility index (Phi) is 16.0. The molecule has 0 saturated carbocycles. The first-order valence-electron chi connectivity index (χ1n) is 1.52. The molecule has 0 radical (unpaired) electrons. The molecule has 0 aliphatic rings. The number of hydrogen-bond acceptors (Lipinski definition) is 0. The molecule has 1 nitrogen and oxygen atoms in total. The van der Waals surface area contributed by atoms with Crippen LogP contribution in [0.5, 0.6) is 0 Å². The van der Waals surface area contributed by atoms with Gasteiger partial charge in [0.1, 0.15) is 0 Å². The molecular formula is C3H9AlO. The molecule has 0 bridgehead atoms. The molecular weight excluding hydrogens is 79.0 g/mol. The Labute approximate surface area is 40.3 Å². The summed E-state index contributed by atoms with van der Waals surface area (Å²) in [4.78, 5) is 2.15. The summed E-state index contributed by atoms with van der Waals surface area (Å²) >= 11 is 1.90. The van der Waals surface area contributed by atoms with Crippen molar-refractivity contribution < 1.29 is 5.48 Å². The van der Waals surface area contributed by atoms with E-state index in [4.69, 9.17) is 0 Å². The van der Waals surface area contributed by atoms with Crippen LogP contribution < -0.4 is 0 Å². The Morgan fingerprint density at radius 1 is 1.80 bits per heavy atom. The minimum Gasteiger partial charge on any atom is -0.412 e. The third-order valence-corrected chi connectivity index (χ3v) is 0.866. The van der Waals surface area contributed by atoms with Crippen molar-refractivity contribution in [2.45, 2.75) is 13.3 Å². The van der Waals surface area contributed by atoms with Gasteiger partial charge in [-0.1, -0.05) is 0 Å². The van der Waals surface area contributed by atoms with Crippen molar-refractivity contribution in [2.75, 3.05) is 0 Å². The van der Waals surface area contributed by atoms with Crippen LogP contribution in [0.2, 0.25) is 0 Å². The van der Waals surface area contributed by atoms with Crippen molar-refractivity contribution in [1.82, 2.24) is 0 Å². The van der Waals surface area contributed by atoms with E-state index < -0.39 is 0 Å². The molecule has 0 aliphatic heterocycles. The maximum Gasteiger partial charge on any atom is -0.412 e. The summed E-state index contributed by atoms with van der Waals surface area (Å²) < 4.78 is 0. The molecule has 5 heavy (non-hydrogen) atoms. The molecule has 2 heteroatoms. The van der Waals surface area contributed by atoms with Crippen LogP contribution in [0.25, 0.3) is 0 Å². The van der Waals surface area contributed by atoms with Crippen molar-refractivity contribution in [3.8, 4) is 0 Å². The Hall–Kier alpha value is 0.362. The molecule has 0 heterocycles. The Balaban J connectivity index is 0. The zero-order valence-corrected chi connectivity index (χ0v) is 4.91. The van der Waals surface area contributed by atoms with E-state index in [-0.39, 0.29) is 5.48 Å². The van der Waals surface area contributed by atoms with Gasteiger partial charge in [-0.2, -0.15) is 0 Å². The standard InChI is InChI=1S/C3H6.Al.H2O.H/c1-3-2;;;/h1H,3H2,2H3;;1H2;. The normalized spacial score (nSPS) is 4.80. The van der Waals surface area contributed by atoms with Gasteiger partial charge in [0.25, 0.3) is 0 Å². The zero-order chi connectivity index (χ0) is 3.41. The van der Waals surface area contributed by atoms with Crippen molar-refractivity contribution in [3.63, 3.8) is 0 Å². The van der Waals surface area contributed by atoms with Gasteiger partial charge in [-0.3, -0.25) is 0 Å². The predicted octanol–water partition coefficient (Wildman–Crippen LogP) is -0.725. The average Bonchev–Trinajstić information content (AvgIpc) is 1.37. The molecule has 0 saturated heterocycles. The minimum atomic E-state index is 0. The van der Waals surface area contributed by atoms with Gasteiger partial charge in [0.2, 0.25) is 0 Å². The fourth-order valence-corrected chi connectivity index (χ4v) is 0. The van der Waals surface area contributed by atoms with E-state index in [0.717, 1.165) is 0 Å². The monoisotopic (exact) mass is 88.0 g/mol. The smallest absolute Gasteiger partial charge is 0.412 e. The van der Waals surface area contributed by atoms with E-state index in [1.165, 1.54) is 6.42 Å². The maximum absolute atomic E-state index is 2.15. The molecule has 0 unspecified atom stereocenters. The van der Waals surface area contributed by atoms with Gasteiger partial charge in [-0.25, -0.2) is 0 Å². The second-order valence-electron chi connectivity index (χ2n) is 0.697. The summed E-state index contributed by atoms with van der Waals surface area (Å²) in [6, 6.07) is 0. The Morgan fingerprint density at radius 3 is 2.00 bits per heavy atom. The molecule has 30 valence electrons. The summed E-state index contributed by atoms with van der Waals surface area (Å²) in [5.41, 5.74) is 0. The van der Waals surface area contributed by atoms with E-state index in [9.17, 15) is 0 Å². The third-order valence-electron chi connectivity index (χ3n) is 0.289. The van der Waals surface area contributed by atoms with Crippen molar-refractivity contribution in [1.29, 1.82) is 0 Å².